The molecule has 2 aromatic rings. The lowest BCUT2D eigenvalue weighted by atomic mass is 9.82. The Labute approximate surface area is 203 Å². The topological polar surface area (TPSA) is 70.1 Å². The summed E-state index contributed by atoms with van der Waals surface area (Å²) in [5, 5.41) is 0. The van der Waals surface area contributed by atoms with E-state index in [2.05, 4.69) is 4.98 Å². The molecule has 2 saturated heterocycles. The summed E-state index contributed by atoms with van der Waals surface area (Å²) in [5.41, 5.74) is -2.66. The summed E-state index contributed by atoms with van der Waals surface area (Å²) in [7, 11) is 1.27. The monoisotopic (exact) mass is 514 g/mol. The summed E-state index contributed by atoms with van der Waals surface area (Å²) in [6, 6.07) is 5.85. The standard InChI is InChI=1S/C24H23F5N2O5/c1-33-20-18(34-12-22(4-5-22)24(27,28)29)3-2-17(30-20)21(32)31-7-6-23(19(11-31)35-13-36-23)14-8-15(25)10-16(26)9-14/h2-3,8-10,19H,4-7,11-13H2,1H3/t19?,23-/m1/s1. The number of piperidine rings is 1. The SMILES string of the molecule is COc1nc(C(=O)N2CC[C@]3(c4cc(F)cc(F)c4)OCOC3C2)ccc1OCC1(C(F)(F)F)CC1. The van der Waals surface area contributed by atoms with Crippen molar-refractivity contribution in [3.8, 4) is 11.6 Å². The molecule has 2 aliphatic heterocycles. The van der Waals surface area contributed by atoms with Crippen molar-refractivity contribution in [3.63, 3.8) is 0 Å². The smallest absolute Gasteiger partial charge is 0.397 e. The van der Waals surface area contributed by atoms with Crippen LogP contribution in [-0.4, -0.2) is 61.7 Å². The van der Waals surface area contributed by atoms with Crippen LogP contribution in [0.15, 0.2) is 30.3 Å². The van der Waals surface area contributed by atoms with Gasteiger partial charge in [-0.15, -0.1) is 0 Å². The highest BCUT2D eigenvalue weighted by Crippen LogP contribution is 2.57. The molecule has 1 amide bonds. The van der Waals surface area contributed by atoms with Gasteiger partial charge >= 0.3 is 6.18 Å². The van der Waals surface area contributed by atoms with E-state index in [0.29, 0.717) is 5.56 Å². The molecule has 1 saturated carbocycles. The number of benzene rings is 1. The predicted octanol–water partition coefficient (Wildman–Crippen LogP) is 4.20. The van der Waals surface area contributed by atoms with Crippen LogP contribution >= 0.6 is 0 Å². The van der Waals surface area contributed by atoms with Crippen molar-refractivity contribution in [1.82, 2.24) is 9.88 Å². The third kappa shape index (κ3) is 4.26. The molecule has 12 heteroatoms. The first kappa shape index (κ1) is 24.7. The van der Waals surface area contributed by atoms with Gasteiger partial charge in [-0.05, 0) is 42.7 Å². The first-order chi connectivity index (χ1) is 17.1. The van der Waals surface area contributed by atoms with E-state index < -0.39 is 47.4 Å². The fourth-order valence-electron chi connectivity index (χ4n) is 4.71. The Bertz CT molecular complexity index is 1150. The van der Waals surface area contributed by atoms with E-state index in [1.165, 1.54) is 36.3 Å². The molecule has 3 heterocycles. The van der Waals surface area contributed by atoms with Crippen LogP contribution in [0.2, 0.25) is 0 Å². The number of hydrogen-bond acceptors (Lipinski definition) is 6. The number of likely N-dealkylation sites (tertiary alicyclic amines) is 1. The first-order valence-electron chi connectivity index (χ1n) is 11.3. The highest BCUT2D eigenvalue weighted by Gasteiger charge is 2.64. The fraction of sp³-hybridized carbons (Fsp3) is 0.500. The Morgan fingerprint density at radius 3 is 2.53 bits per heavy atom. The summed E-state index contributed by atoms with van der Waals surface area (Å²) in [6.07, 6.45) is -4.82. The number of pyridine rings is 1. The van der Waals surface area contributed by atoms with Crippen LogP contribution in [0.1, 0.15) is 35.3 Å². The number of amides is 1. The number of aromatic nitrogens is 1. The molecular weight excluding hydrogens is 491 g/mol. The average Bonchev–Trinajstić information content (AvgIpc) is 3.52. The van der Waals surface area contributed by atoms with E-state index >= 15 is 0 Å². The van der Waals surface area contributed by atoms with Gasteiger partial charge in [0.2, 0.25) is 0 Å². The second-order valence-electron chi connectivity index (χ2n) is 9.24. The minimum Gasteiger partial charge on any atom is -0.487 e. The normalized spacial score (nSPS) is 24.8. The van der Waals surface area contributed by atoms with E-state index in [4.69, 9.17) is 18.9 Å². The molecule has 0 N–H and O–H groups in total. The third-order valence-electron chi connectivity index (χ3n) is 7.08. The summed E-state index contributed by atoms with van der Waals surface area (Å²) in [5.74, 6) is -2.06. The number of hydrogen-bond donors (Lipinski definition) is 0. The number of ether oxygens (including phenoxy) is 4. The van der Waals surface area contributed by atoms with Gasteiger partial charge in [0.25, 0.3) is 11.8 Å². The van der Waals surface area contributed by atoms with Crippen LogP contribution in [0, 0.1) is 17.0 Å². The molecule has 3 fully saturated rings. The maximum Gasteiger partial charge on any atom is 0.397 e. The van der Waals surface area contributed by atoms with E-state index in [1.54, 1.807) is 0 Å². The second-order valence-corrected chi connectivity index (χ2v) is 9.24. The molecule has 7 nitrogen and oxygen atoms in total. The number of alkyl halides is 3. The van der Waals surface area contributed by atoms with Crippen LogP contribution in [-0.2, 0) is 15.1 Å². The van der Waals surface area contributed by atoms with E-state index in [0.717, 1.165) is 6.07 Å². The molecule has 5 rings (SSSR count). The van der Waals surface area contributed by atoms with Crippen LogP contribution < -0.4 is 9.47 Å². The molecule has 194 valence electrons. The van der Waals surface area contributed by atoms with Gasteiger partial charge in [-0.3, -0.25) is 4.79 Å². The van der Waals surface area contributed by atoms with Gasteiger partial charge in [0.1, 0.15) is 47.8 Å². The number of nitrogens with zero attached hydrogens (tertiary/aromatic N) is 2. The first-order valence-corrected chi connectivity index (χ1v) is 11.3. The zero-order chi connectivity index (χ0) is 25.7. The molecular formula is C24H23F5N2O5. The molecule has 36 heavy (non-hydrogen) atoms. The van der Waals surface area contributed by atoms with Crippen LogP contribution in [0.25, 0.3) is 0 Å². The van der Waals surface area contributed by atoms with Gasteiger partial charge in [0, 0.05) is 19.0 Å². The molecule has 1 aliphatic carbocycles. The zero-order valence-corrected chi connectivity index (χ0v) is 19.2. The van der Waals surface area contributed by atoms with Crippen LogP contribution in [0.3, 0.4) is 0 Å². The van der Waals surface area contributed by atoms with Crippen molar-refractivity contribution in [2.75, 3.05) is 33.6 Å². The van der Waals surface area contributed by atoms with Crippen molar-refractivity contribution < 1.29 is 45.7 Å². The molecule has 1 aromatic carbocycles. The van der Waals surface area contributed by atoms with Crippen LogP contribution in [0.4, 0.5) is 22.0 Å². The molecule has 3 aliphatic rings. The van der Waals surface area contributed by atoms with Crippen molar-refractivity contribution in [2.24, 2.45) is 5.41 Å². The number of halogens is 5. The van der Waals surface area contributed by atoms with Crippen LogP contribution in [0.5, 0.6) is 11.6 Å². The average molecular weight is 514 g/mol. The van der Waals surface area contributed by atoms with Gasteiger partial charge in [-0.2, -0.15) is 13.2 Å². The maximum absolute atomic E-state index is 13.9. The van der Waals surface area contributed by atoms with Gasteiger partial charge < -0.3 is 23.8 Å². The number of carbonyl (C=O) groups excluding carboxylic acids is 1. The molecule has 1 aromatic heterocycles. The fourth-order valence-corrected chi connectivity index (χ4v) is 4.71. The quantitative estimate of drug-likeness (QED) is 0.539. The number of carbonyl (C=O) groups is 1. The summed E-state index contributed by atoms with van der Waals surface area (Å²) in [6.45, 7) is -0.390. The molecule has 0 bridgehead atoms. The highest BCUT2D eigenvalue weighted by molar-refractivity contribution is 5.92. The second kappa shape index (κ2) is 8.84. The van der Waals surface area contributed by atoms with Gasteiger partial charge in [0.05, 0.1) is 13.7 Å². The Balaban J connectivity index is 1.30. The van der Waals surface area contributed by atoms with Crippen molar-refractivity contribution in [1.29, 1.82) is 0 Å². The molecule has 2 atom stereocenters. The molecule has 0 spiro atoms. The third-order valence-corrected chi connectivity index (χ3v) is 7.08. The number of rotatable bonds is 6. The number of fused-ring (bicyclic) bond motifs is 1. The van der Waals surface area contributed by atoms with Gasteiger partial charge in [-0.1, -0.05) is 0 Å². The van der Waals surface area contributed by atoms with E-state index in [1.807, 2.05) is 0 Å². The number of methoxy groups -OCH3 is 1. The van der Waals surface area contributed by atoms with Crippen molar-refractivity contribution >= 4 is 5.91 Å². The summed E-state index contributed by atoms with van der Waals surface area (Å²) in [4.78, 5) is 18.8. The highest BCUT2D eigenvalue weighted by atomic mass is 19.4. The largest absolute Gasteiger partial charge is 0.487 e. The van der Waals surface area contributed by atoms with Gasteiger partial charge in [0.15, 0.2) is 5.75 Å². The van der Waals surface area contributed by atoms with Crippen molar-refractivity contribution in [2.45, 2.75) is 37.1 Å². The molecule has 0 radical (unpaired) electrons. The van der Waals surface area contributed by atoms with Crippen molar-refractivity contribution in [3.05, 3.63) is 53.2 Å². The Kier molecular flexibility index (Phi) is 6.06. The minimum absolute atomic E-state index is 0.000582. The van der Waals surface area contributed by atoms with E-state index in [-0.39, 0.29) is 56.5 Å². The van der Waals surface area contributed by atoms with E-state index in [9.17, 15) is 26.7 Å². The maximum atomic E-state index is 13.9. The lowest BCUT2D eigenvalue weighted by Gasteiger charge is -2.41. The summed E-state index contributed by atoms with van der Waals surface area (Å²) < 4.78 is 89.3. The Morgan fingerprint density at radius 2 is 1.89 bits per heavy atom. The molecule has 1 unspecified atom stereocenters. The Hall–Kier alpha value is -2.99. The lowest BCUT2D eigenvalue weighted by Crippen LogP contribution is -2.53. The Morgan fingerprint density at radius 1 is 1.17 bits per heavy atom. The summed E-state index contributed by atoms with van der Waals surface area (Å²) >= 11 is 0. The predicted molar refractivity (Wildman–Crippen MR) is 113 cm³/mol. The lowest BCUT2D eigenvalue weighted by molar-refractivity contribution is -0.194. The van der Waals surface area contributed by atoms with Gasteiger partial charge in [-0.25, -0.2) is 13.8 Å². The minimum atomic E-state index is -4.36. The zero-order valence-electron chi connectivity index (χ0n) is 19.2.